The predicted octanol–water partition coefficient (Wildman–Crippen LogP) is 4.09. The number of nitrogens with zero attached hydrogens (tertiary/aromatic N) is 4. The summed E-state index contributed by atoms with van der Waals surface area (Å²) < 4.78 is 21.9. The average Bonchev–Trinajstić information content (AvgIpc) is 3.37. The number of pyridine rings is 1. The van der Waals surface area contributed by atoms with Gasteiger partial charge in [-0.3, -0.25) is 9.38 Å². The number of imidazole rings is 1. The van der Waals surface area contributed by atoms with E-state index in [1.54, 1.807) is 18.5 Å². The molecule has 5 rings (SSSR count). The molecule has 29 heavy (non-hydrogen) atoms. The minimum Gasteiger partial charge on any atom is -0.493 e. The van der Waals surface area contributed by atoms with Gasteiger partial charge < -0.3 is 10.1 Å². The molecule has 7 heteroatoms. The van der Waals surface area contributed by atoms with Crippen LogP contribution in [0.15, 0.2) is 42.9 Å². The van der Waals surface area contributed by atoms with E-state index in [1.165, 1.54) is 6.07 Å². The van der Waals surface area contributed by atoms with Gasteiger partial charge in [-0.25, -0.2) is 14.4 Å². The van der Waals surface area contributed by atoms with Crippen LogP contribution < -0.4 is 10.1 Å². The van der Waals surface area contributed by atoms with Crippen molar-refractivity contribution in [3.63, 3.8) is 0 Å². The fraction of sp³-hybridized carbons (Fsp3) is 0.227. The van der Waals surface area contributed by atoms with Crippen molar-refractivity contribution in [2.24, 2.45) is 0 Å². The van der Waals surface area contributed by atoms with Gasteiger partial charge in [0, 0.05) is 65.2 Å². The van der Waals surface area contributed by atoms with Crippen molar-refractivity contribution in [3.8, 4) is 16.9 Å². The Morgan fingerprint density at radius 3 is 2.90 bits per heavy atom. The maximum Gasteiger partial charge on any atom is 0.208 e. The second kappa shape index (κ2) is 6.84. The van der Waals surface area contributed by atoms with Crippen LogP contribution in [0.1, 0.15) is 22.5 Å². The lowest BCUT2D eigenvalue weighted by molar-refractivity contribution is 0.356. The number of benzene rings is 1. The number of rotatable bonds is 4. The van der Waals surface area contributed by atoms with E-state index >= 15 is 0 Å². The van der Waals surface area contributed by atoms with Crippen molar-refractivity contribution >= 4 is 11.6 Å². The molecule has 4 aromatic rings. The Morgan fingerprint density at radius 2 is 2.03 bits per heavy atom. The molecule has 0 atom stereocenters. The number of ether oxygens (including phenoxy) is 1. The molecule has 4 heterocycles. The molecule has 0 radical (unpaired) electrons. The number of nitrogens with one attached hydrogen (secondary N) is 1. The third-order valence-corrected chi connectivity index (χ3v) is 5.30. The van der Waals surface area contributed by atoms with Gasteiger partial charge in [0.25, 0.3) is 0 Å². The first-order chi connectivity index (χ1) is 14.1. The van der Waals surface area contributed by atoms with Gasteiger partial charge >= 0.3 is 0 Å². The zero-order chi connectivity index (χ0) is 20.0. The number of anilines is 1. The van der Waals surface area contributed by atoms with Crippen LogP contribution in [0.25, 0.3) is 16.8 Å². The zero-order valence-electron chi connectivity index (χ0n) is 16.2. The van der Waals surface area contributed by atoms with Crippen LogP contribution >= 0.6 is 0 Å². The average molecular weight is 389 g/mol. The van der Waals surface area contributed by atoms with Crippen LogP contribution in [0, 0.1) is 19.7 Å². The third-order valence-electron chi connectivity index (χ3n) is 5.30. The van der Waals surface area contributed by atoms with E-state index in [0.29, 0.717) is 24.7 Å². The van der Waals surface area contributed by atoms with E-state index in [4.69, 9.17) is 4.74 Å². The molecule has 1 aliphatic heterocycles. The van der Waals surface area contributed by atoms with E-state index in [2.05, 4.69) is 20.3 Å². The first-order valence-electron chi connectivity index (χ1n) is 9.55. The Balaban J connectivity index is 1.50. The molecule has 0 unspecified atom stereocenters. The van der Waals surface area contributed by atoms with Crippen molar-refractivity contribution < 1.29 is 9.13 Å². The van der Waals surface area contributed by atoms with Crippen molar-refractivity contribution in [2.45, 2.75) is 26.8 Å². The molecule has 0 bridgehead atoms. The molecular weight excluding hydrogens is 369 g/mol. The van der Waals surface area contributed by atoms with Crippen LogP contribution in [0.2, 0.25) is 0 Å². The number of fused-ring (bicyclic) bond motifs is 2. The number of halogens is 1. The minimum atomic E-state index is -0.235. The van der Waals surface area contributed by atoms with Crippen molar-refractivity contribution in [1.29, 1.82) is 0 Å². The molecule has 146 valence electrons. The van der Waals surface area contributed by atoms with Crippen LogP contribution in [-0.4, -0.2) is 26.0 Å². The fourth-order valence-corrected chi connectivity index (χ4v) is 3.89. The summed E-state index contributed by atoms with van der Waals surface area (Å²) in [6.45, 7) is 4.87. The molecule has 0 saturated heterocycles. The maximum atomic E-state index is 14.4. The number of hydrogen-bond acceptors (Lipinski definition) is 5. The summed E-state index contributed by atoms with van der Waals surface area (Å²) in [6, 6.07) is 7.17. The Morgan fingerprint density at radius 1 is 1.14 bits per heavy atom. The summed E-state index contributed by atoms with van der Waals surface area (Å²) in [6.07, 6.45) is 6.09. The van der Waals surface area contributed by atoms with E-state index in [0.717, 1.165) is 45.9 Å². The summed E-state index contributed by atoms with van der Waals surface area (Å²) in [5.74, 6) is 1.14. The Hall–Kier alpha value is -3.48. The molecule has 0 spiro atoms. The molecule has 1 aromatic carbocycles. The lowest BCUT2D eigenvalue weighted by Crippen LogP contribution is -2.10. The number of aryl methyl sites for hydroxylation is 2. The number of aromatic nitrogens is 4. The van der Waals surface area contributed by atoms with Gasteiger partial charge in [-0.2, -0.15) is 0 Å². The highest BCUT2D eigenvalue weighted by atomic mass is 19.1. The van der Waals surface area contributed by atoms with Crippen LogP contribution in [0.5, 0.6) is 5.75 Å². The molecule has 0 aliphatic carbocycles. The second-order valence-electron chi connectivity index (χ2n) is 7.16. The first kappa shape index (κ1) is 17.6. The van der Waals surface area contributed by atoms with E-state index in [9.17, 15) is 4.39 Å². The SMILES string of the molecule is Cc1ccc(-c2cnc(NCc3c(F)ccc4c3CCO4)n3ccnc23)c(C)n1. The van der Waals surface area contributed by atoms with Gasteiger partial charge in [0.2, 0.25) is 5.95 Å². The third kappa shape index (κ3) is 2.99. The molecule has 6 nitrogen and oxygen atoms in total. The van der Waals surface area contributed by atoms with E-state index in [1.807, 2.05) is 36.6 Å². The van der Waals surface area contributed by atoms with Gasteiger partial charge in [-0.1, -0.05) is 6.07 Å². The predicted molar refractivity (Wildman–Crippen MR) is 109 cm³/mol. The van der Waals surface area contributed by atoms with Crippen molar-refractivity contribution in [1.82, 2.24) is 19.4 Å². The summed E-state index contributed by atoms with van der Waals surface area (Å²) in [5.41, 5.74) is 6.13. The molecule has 0 saturated carbocycles. The van der Waals surface area contributed by atoms with Crippen LogP contribution in [-0.2, 0) is 13.0 Å². The van der Waals surface area contributed by atoms with Crippen molar-refractivity contribution in [2.75, 3.05) is 11.9 Å². The lowest BCUT2D eigenvalue weighted by atomic mass is 10.0. The first-order valence-corrected chi connectivity index (χ1v) is 9.55. The Bertz CT molecular complexity index is 1230. The highest BCUT2D eigenvalue weighted by Crippen LogP contribution is 2.31. The number of hydrogen-bond donors (Lipinski definition) is 1. The normalized spacial score (nSPS) is 12.8. The maximum absolute atomic E-state index is 14.4. The Labute approximate surface area is 167 Å². The van der Waals surface area contributed by atoms with Gasteiger partial charge in [0.15, 0.2) is 0 Å². The lowest BCUT2D eigenvalue weighted by Gasteiger charge is -2.13. The smallest absolute Gasteiger partial charge is 0.208 e. The monoisotopic (exact) mass is 389 g/mol. The topological polar surface area (TPSA) is 64.3 Å². The molecule has 1 N–H and O–H groups in total. The van der Waals surface area contributed by atoms with Gasteiger partial charge in [0.1, 0.15) is 17.2 Å². The zero-order valence-corrected chi connectivity index (χ0v) is 16.2. The molecule has 3 aromatic heterocycles. The van der Waals surface area contributed by atoms with E-state index in [-0.39, 0.29) is 5.82 Å². The largest absolute Gasteiger partial charge is 0.493 e. The summed E-state index contributed by atoms with van der Waals surface area (Å²) in [5, 5.41) is 3.26. The summed E-state index contributed by atoms with van der Waals surface area (Å²) >= 11 is 0. The second-order valence-corrected chi connectivity index (χ2v) is 7.16. The highest BCUT2D eigenvalue weighted by Gasteiger charge is 2.20. The van der Waals surface area contributed by atoms with Gasteiger partial charge in [0.05, 0.1) is 6.61 Å². The van der Waals surface area contributed by atoms with Crippen LogP contribution in [0.4, 0.5) is 10.3 Å². The molecular formula is C22H20FN5O. The standard InChI is InChI=1S/C22H20FN5O/c1-13-3-4-15(14(2)27-13)18-12-26-22(28-9-8-24-21(18)28)25-11-17-16-7-10-29-20(16)6-5-19(17)23/h3-6,8-9,12H,7,10-11H2,1-2H3,(H,25,26). The molecule has 1 aliphatic rings. The minimum absolute atomic E-state index is 0.235. The summed E-state index contributed by atoms with van der Waals surface area (Å²) in [4.78, 5) is 13.6. The van der Waals surface area contributed by atoms with Gasteiger partial charge in [-0.15, -0.1) is 0 Å². The fourth-order valence-electron chi connectivity index (χ4n) is 3.89. The van der Waals surface area contributed by atoms with Gasteiger partial charge in [-0.05, 0) is 32.0 Å². The highest BCUT2D eigenvalue weighted by molar-refractivity contribution is 5.79. The Kier molecular flexibility index (Phi) is 4.16. The molecule has 0 fully saturated rings. The van der Waals surface area contributed by atoms with E-state index < -0.39 is 0 Å². The molecule has 0 amide bonds. The quantitative estimate of drug-likeness (QED) is 0.569. The van der Waals surface area contributed by atoms with Crippen molar-refractivity contribution in [3.05, 3.63) is 71.2 Å². The summed E-state index contributed by atoms with van der Waals surface area (Å²) in [7, 11) is 0. The van der Waals surface area contributed by atoms with Crippen LogP contribution in [0.3, 0.4) is 0 Å².